The third kappa shape index (κ3) is 2.36. The van der Waals surface area contributed by atoms with E-state index < -0.39 is 9.84 Å². The number of hydrogen-bond acceptors (Lipinski definition) is 4. The van der Waals surface area contributed by atoms with Crippen molar-refractivity contribution >= 4 is 36.9 Å². The van der Waals surface area contributed by atoms with Gasteiger partial charge in [-0.2, -0.15) is 0 Å². The molecule has 1 heterocycles. The summed E-state index contributed by atoms with van der Waals surface area (Å²) in [6.07, 6.45) is 0. The molecule has 0 aliphatic rings. The lowest BCUT2D eigenvalue weighted by Crippen LogP contribution is -2.04. The second kappa shape index (κ2) is 4.07. The smallest absolute Gasteiger partial charge is 0.154 e. The molecule has 2 N–H and O–H groups in total. The highest BCUT2D eigenvalue weighted by molar-refractivity contribution is 7.90. The second-order valence-electron chi connectivity index (χ2n) is 3.69. The van der Waals surface area contributed by atoms with Gasteiger partial charge in [0, 0.05) is 21.0 Å². The first-order valence-corrected chi connectivity index (χ1v) is 7.62. The van der Waals surface area contributed by atoms with Crippen LogP contribution >= 0.6 is 11.3 Å². The van der Waals surface area contributed by atoms with Gasteiger partial charge in [0.25, 0.3) is 0 Å². The largest absolute Gasteiger partial charge is 0.399 e. The first-order chi connectivity index (χ1) is 7.50. The van der Waals surface area contributed by atoms with Crippen molar-refractivity contribution in [3.63, 3.8) is 0 Å². The SMILES string of the molecule is CCS(=O)(=O)Cc1cc2cc(N)ccc2s1. The molecule has 0 bridgehead atoms. The summed E-state index contributed by atoms with van der Waals surface area (Å²) in [5.74, 6) is 0.312. The molecule has 0 fully saturated rings. The molecule has 5 heteroatoms. The zero-order valence-electron chi connectivity index (χ0n) is 8.93. The Labute approximate surface area is 98.8 Å². The molecule has 2 aromatic rings. The highest BCUT2D eigenvalue weighted by atomic mass is 32.2. The molecule has 1 aromatic carbocycles. The monoisotopic (exact) mass is 255 g/mol. The van der Waals surface area contributed by atoms with E-state index in [1.165, 1.54) is 11.3 Å². The van der Waals surface area contributed by atoms with Crippen molar-refractivity contribution in [3.8, 4) is 0 Å². The van der Waals surface area contributed by atoms with Crippen molar-refractivity contribution in [2.24, 2.45) is 0 Å². The number of anilines is 1. The van der Waals surface area contributed by atoms with Crippen LogP contribution in [0.25, 0.3) is 10.1 Å². The molecular weight excluding hydrogens is 242 g/mol. The quantitative estimate of drug-likeness (QED) is 0.857. The summed E-state index contributed by atoms with van der Waals surface area (Å²) < 4.78 is 24.1. The van der Waals surface area contributed by atoms with Crippen LogP contribution in [0.15, 0.2) is 24.3 Å². The van der Waals surface area contributed by atoms with Gasteiger partial charge < -0.3 is 5.73 Å². The van der Waals surface area contributed by atoms with Crippen LogP contribution in [0.2, 0.25) is 0 Å². The average Bonchev–Trinajstić information content (AvgIpc) is 2.58. The number of sulfone groups is 1. The normalized spacial score (nSPS) is 12.1. The van der Waals surface area contributed by atoms with Crippen molar-refractivity contribution < 1.29 is 8.42 Å². The lowest BCUT2D eigenvalue weighted by atomic mass is 10.2. The Morgan fingerprint density at radius 1 is 1.31 bits per heavy atom. The number of fused-ring (bicyclic) bond motifs is 1. The Balaban J connectivity index is 2.40. The number of hydrogen-bond donors (Lipinski definition) is 1. The van der Waals surface area contributed by atoms with Crippen molar-refractivity contribution in [3.05, 3.63) is 29.1 Å². The standard InChI is InChI=1S/C11H13NO2S2/c1-2-16(13,14)7-10-6-8-5-9(12)3-4-11(8)15-10/h3-6H,2,7,12H2,1H3. The summed E-state index contributed by atoms with van der Waals surface area (Å²) in [7, 11) is -2.95. The summed E-state index contributed by atoms with van der Waals surface area (Å²) in [5, 5.41) is 1.02. The van der Waals surface area contributed by atoms with E-state index in [-0.39, 0.29) is 11.5 Å². The molecule has 3 nitrogen and oxygen atoms in total. The van der Waals surface area contributed by atoms with Crippen LogP contribution in [-0.2, 0) is 15.6 Å². The molecule has 86 valence electrons. The van der Waals surface area contributed by atoms with Crippen LogP contribution in [-0.4, -0.2) is 14.2 Å². The number of rotatable bonds is 3. The van der Waals surface area contributed by atoms with Crippen molar-refractivity contribution in [1.29, 1.82) is 0 Å². The van der Waals surface area contributed by atoms with Crippen LogP contribution in [0.5, 0.6) is 0 Å². The van der Waals surface area contributed by atoms with E-state index in [1.807, 2.05) is 24.3 Å². The molecule has 16 heavy (non-hydrogen) atoms. The molecule has 0 amide bonds. The minimum atomic E-state index is -2.95. The van der Waals surface area contributed by atoms with Crippen LogP contribution in [0, 0.1) is 0 Å². The predicted octanol–water partition coefficient (Wildman–Crippen LogP) is 2.42. The van der Waals surface area contributed by atoms with E-state index in [0.717, 1.165) is 15.0 Å². The highest BCUT2D eigenvalue weighted by Crippen LogP contribution is 2.28. The maximum absolute atomic E-state index is 11.5. The first kappa shape index (κ1) is 11.4. The van der Waals surface area contributed by atoms with E-state index in [4.69, 9.17) is 5.73 Å². The summed E-state index contributed by atoms with van der Waals surface area (Å²) in [6.45, 7) is 1.67. The highest BCUT2D eigenvalue weighted by Gasteiger charge is 2.11. The van der Waals surface area contributed by atoms with Crippen molar-refractivity contribution in [2.45, 2.75) is 12.7 Å². The van der Waals surface area contributed by atoms with Crippen LogP contribution < -0.4 is 5.73 Å². The molecule has 0 saturated heterocycles. The zero-order valence-corrected chi connectivity index (χ0v) is 10.6. The Morgan fingerprint density at radius 2 is 2.06 bits per heavy atom. The van der Waals surface area contributed by atoms with E-state index >= 15 is 0 Å². The van der Waals surface area contributed by atoms with Crippen molar-refractivity contribution in [1.82, 2.24) is 0 Å². The third-order valence-corrected chi connectivity index (χ3v) is 5.32. The van der Waals surface area contributed by atoms with Crippen molar-refractivity contribution in [2.75, 3.05) is 11.5 Å². The molecule has 0 radical (unpaired) electrons. The van der Waals surface area contributed by atoms with Gasteiger partial charge in [0.2, 0.25) is 0 Å². The predicted molar refractivity (Wildman–Crippen MR) is 69.4 cm³/mol. The number of nitrogens with two attached hydrogens (primary N) is 1. The van der Waals surface area contributed by atoms with Gasteiger partial charge in [0.15, 0.2) is 9.84 Å². The summed E-state index contributed by atoms with van der Waals surface area (Å²) in [4.78, 5) is 0.877. The van der Waals surface area contributed by atoms with Gasteiger partial charge in [0.05, 0.1) is 5.75 Å². The fourth-order valence-electron chi connectivity index (χ4n) is 1.51. The second-order valence-corrected chi connectivity index (χ2v) is 7.21. The van der Waals surface area contributed by atoms with Crippen LogP contribution in [0.4, 0.5) is 5.69 Å². The van der Waals surface area contributed by atoms with E-state index in [9.17, 15) is 8.42 Å². The minimum absolute atomic E-state index is 0.128. The first-order valence-electron chi connectivity index (χ1n) is 4.98. The Bertz CT molecular complexity index is 614. The van der Waals surface area contributed by atoms with Gasteiger partial charge in [-0.1, -0.05) is 6.92 Å². The summed E-state index contributed by atoms with van der Waals surface area (Å²) in [6, 6.07) is 7.53. The lowest BCUT2D eigenvalue weighted by molar-refractivity contribution is 0.597. The summed E-state index contributed by atoms with van der Waals surface area (Å²) in [5.41, 5.74) is 6.38. The average molecular weight is 255 g/mol. The maximum Gasteiger partial charge on any atom is 0.154 e. The van der Waals surface area contributed by atoms with Crippen LogP contribution in [0.1, 0.15) is 11.8 Å². The fourth-order valence-corrected chi connectivity index (χ4v) is 3.84. The molecule has 0 saturated carbocycles. The summed E-state index contributed by atoms with van der Waals surface area (Å²) >= 11 is 1.51. The maximum atomic E-state index is 11.5. The van der Waals surface area contributed by atoms with E-state index in [2.05, 4.69) is 0 Å². The fraction of sp³-hybridized carbons (Fsp3) is 0.273. The van der Waals surface area contributed by atoms with Gasteiger partial charge in [-0.05, 0) is 29.7 Å². The number of thiophene rings is 1. The molecule has 0 aliphatic carbocycles. The molecule has 0 unspecified atom stereocenters. The van der Waals surface area contributed by atoms with Crippen LogP contribution in [0.3, 0.4) is 0 Å². The Kier molecular flexibility index (Phi) is 2.90. The topological polar surface area (TPSA) is 60.2 Å². The molecular formula is C11H13NO2S2. The zero-order chi connectivity index (χ0) is 11.8. The van der Waals surface area contributed by atoms with E-state index in [0.29, 0.717) is 5.69 Å². The van der Waals surface area contributed by atoms with Gasteiger partial charge in [0.1, 0.15) is 0 Å². The van der Waals surface area contributed by atoms with Gasteiger partial charge in [-0.3, -0.25) is 0 Å². The molecule has 0 aliphatic heterocycles. The third-order valence-electron chi connectivity index (χ3n) is 2.39. The number of benzene rings is 1. The molecule has 1 aromatic heterocycles. The molecule has 2 rings (SSSR count). The molecule has 0 spiro atoms. The Hall–Kier alpha value is -1.07. The van der Waals surface area contributed by atoms with Gasteiger partial charge >= 0.3 is 0 Å². The van der Waals surface area contributed by atoms with E-state index in [1.54, 1.807) is 6.92 Å². The molecule has 0 atom stereocenters. The Morgan fingerprint density at radius 3 is 2.75 bits per heavy atom. The van der Waals surface area contributed by atoms with Gasteiger partial charge in [-0.25, -0.2) is 8.42 Å². The lowest BCUT2D eigenvalue weighted by Gasteiger charge is -1.96. The number of nitrogen functional groups attached to an aromatic ring is 1. The minimum Gasteiger partial charge on any atom is -0.399 e. The van der Waals surface area contributed by atoms with Gasteiger partial charge in [-0.15, -0.1) is 11.3 Å².